The topological polar surface area (TPSA) is 81.8 Å². The maximum absolute atomic E-state index is 11.5. The van der Waals surface area contributed by atoms with Gasteiger partial charge in [0, 0.05) is 18.7 Å². The fourth-order valence-corrected chi connectivity index (χ4v) is 2.01. The van der Waals surface area contributed by atoms with Crippen LogP contribution in [0.4, 0.5) is 5.69 Å². The summed E-state index contributed by atoms with van der Waals surface area (Å²) in [5, 5.41) is 21.0. The molecule has 0 bridgehead atoms. The summed E-state index contributed by atoms with van der Waals surface area (Å²) >= 11 is 0. The Labute approximate surface area is 131 Å². The highest BCUT2D eigenvalue weighted by molar-refractivity contribution is 5.57. The molecule has 0 heterocycles. The molecule has 0 aromatic heterocycles. The van der Waals surface area contributed by atoms with Gasteiger partial charge in [0.15, 0.2) is 0 Å². The van der Waals surface area contributed by atoms with E-state index in [1.807, 2.05) is 47.6 Å². The average molecular weight is 311 g/mol. The lowest BCUT2D eigenvalue weighted by Gasteiger charge is -2.27. The molecule has 6 nitrogen and oxygen atoms in total. The summed E-state index contributed by atoms with van der Waals surface area (Å²) in [7, 11) is 1.26. The van der Waals surface area contributed by atoms with Crippen LogP contribution in [0.5, 0.6) is 5.75 Å². The number of methoxy groups -OCH3 is 1. The lowest BCUT2D eigenvalue weighted by Crippen LogP contribution is -2.23. The molecule has 0 saturated carbocycles. The molecule has 1 aromatic rings. The lowest BCUT2D eigenvalue weighted by atomic mass is 9.79. The van der Waals surface area contributed by atoms with Gasteiger partial charge < -0.3 is 14.6 Å². The van der Waals surface area contributed by atoms with Crippen molar-refractivity contribution in [2.75, 3.05) is 7.11 Å². The molecule has 6 heteroatoms. The zero-order valence-electron chi connectivity index (χ0n) is 14.3. The summed E-state index contributed by atoms with van der Waals surface area (Å²) < 4.78 is 9.94. The standard InChI is InChI=1S/C16H25NO5/c1-15(2,3)10-8-11(16(4,5)6)13(22-14(18)21-7)12(9-10)17(19)20/h8-9,14,18H,1-7H3. The smallest absolute Gasteiger partial charge is 0.313 e. The van der Waals surface area contributed by atoms with Gasteiger partial charge in [-0.25, -0.2) is 0 Å². The number of aliphatic hydroxyl groups excluding tert-OH is 1. The molecule has 22 heavy (non-hydrogen) atoms. The molecule has 1 atom stereocenters. The predicted molar refractivity (Wildman–Crippen MR) is 84.1 cm³/mol. The van der Waals surface area contributed by atoms with Crippen molar-refractivity contribution < 1.29 is 19.5 Å². The quantitative estimate of drug-likeness (QED) is 0.523. The van der Waals surface area contributed by atoms with E-state index in [2.05, 4.69) is 4.74 Å². The highest BCUT2D eigenvalue weighted by Crippen LogP contribution is 2.42. The first-order valence-corrected chi connectivity index (χ1v) is 7.09. The van der Waals surface area contributed by atoms with E-state index in [1.54, 1.807) is 0 Å². The Balaban J connectivity index is 3.67. The SMILES string of the molecule is COC(O)Oc1c([N+](=O)[O-])cc(C(C)(C)C)cc1C(C)(C)C. The molecule has 0 saturated heterocycles. The molecule has 1 unspecified atom stereocenters. The number of ether oxygens (including phenoxy) is 2. The minimum atomic E-state index is -1.56. The number of hydrogen-bond donors (Lipinski definition) is 1. The number of rotatable bonds is 4. The molecule has 0 aliphatic carbocycles. The Hall–Kier alpha value is -1.66. The molecule has 0 fully saturated rings. The van der Waals surface area contributed by atoms with Gasteiger partial charge in [-0.2, -0.15) is 0 Å². The van der Waals surface area contributed by atoms with Gasteiger partial charge in [0.25, 0.3) is 0 Å². The van der Waals surface area contributed by atoms with Gasteiger partial charge in [-0.15, -0.1) is 0 Å². The van der Waals surface area contributed by atoms with Gasteiger partial charge in [-0.1, -0.05) is 47.6 Å². The van der Waals surface area contributed by atoms with E-state index in [0.717, 1.165) is 5.56 Å². The van der Waals surface area contributed by atoms with Crippen LogP contribution in [0.15, 0.2) is 12.1 Å². The van der Waals surface area contributed by atoms with Crippen LogP contribution in [0.2, 0.25) is 0 Å². The average Bonchev–Trinajstić information content (AvgIpc) is 2.35. The fraction of sp³-hybridized carbons (Fsp3) is 0.625. The van der Waals surface area contributed by atoms with Crippen molar-refractivity contribution in [3.8, 4) is 5.75 Å². The Bertz CT molecular complexity index is 555. The summed E-state index contributed by atoms with van der Waals surface area (Å²) in [6, 6.07) is 3.39. The summed E-state index contributed by atoms with van der Waals surface area (Å²) in [6.45, 7) is 10.2. The van der Waals surface area contributed by atoms with E-state index in [4.69, 9.17) is 4.74 Å². The van der Waals surface area contributed by atoms with E-state index >= 15 is 0 Å². The minimum absolute atomic E-state index is 0.0415. The number of benzene rings is 1. The van der Waals surface area contributed by atoms with Crippen LogP contribution in [0, 0.1) is 10.1 Å². The molecular formula is C16H25NO5. The van der Waals surface area contributed by atoms with Crippen LogP contribution in [0.1, 0.15) is 52.7 Å². The second kappa shape index (κ2) is 6.22. The van der Waals surface area contributed by atoms with Crippen LogP contribution in [-0.2, 0) is 15.6 Å². The van der Waals surface area contributed by atoms with Gasteiger partial charge in [0.2, 0.25) is 5.75 Å². The number of nitrogens with zero attached hydrogens (tertiary/aromatic N) is 1. The summed E-state index contributed by atoms with van der Waals surface area (Å²) in [5.41, 5.74) is 0.678. The van der Waals surface area contributed by atoms with E-state index < -0.39 is 16.8 Å². The van der Waals surface area contributed by atoms with Crippen molar-refractivity contribution in [1.29, 1.82) is 0 Å². The van der Waals surface area contributed by atoms with Crippen molar-refractivity contribution in [3.63, 3.8) is 0 Å². The Morgan fingerprint density at radius 1 is 1.14 bits per heavy atom. The van der Waals surface area contributed by atoms with Crippen LogP contribution in [0.3, 0.4) is 0 Å². The Morgan fingerprint density at radius 2 is 1.68 bits per heavy atom. The van der Waals surface area contributed by atoms with Crippen LogP contribution >= 0.6 is 0 Å². The van der Waals surface area contributed by atoms with E-state index in [1.165, 1.54) is 13.2 Å². The van der Waals surface area contributed by atoms with E-state index in [-0.39, 0.29) is 16.9 Å². The molecule has 0 spiro atoms. The second-order valence-corrected chi connectivity index (χ2v) is 7.29. The highest BCUT2D eigenvalue weighted by Gasteiger charge is 2.31. The third-order valence-corrected chi connectivity index (χ3v) is 3.36. The van der Waals surface area contributed by atoms with Gasteiger partial charge in [0.1, 0.15) is 0 Å². The fourth-order valence-electron chi connectivity index (χ4n) is 2.01. The molecule has 0 aliphatic heterocycles. The first-order chi connectivity index (χ1) is 9.87. The third kappa shape index (κ3) is 4.18. The molecule has 1 N–H and O–H groups in total. The molecule has 0 radical (unpaired) electrons. The predicted octanol–water partition coefficient (Wildman–Crippen LogP) is 3.49. The van der Waals surface area contributed by atoms with Gasteiger partial charge in [0.05, 0.1) is 4.92 Å². The van der Waals surface area contributed by atoms with Crippen LogP contribution < -0.4 is 4.74 Å². The van der Waals surface area contributed by atoms with Gasteiger partial charge in [-0.05, 0) is 16.4 Å². The molecular weight excluding hydrogens is 286 g/mol. The van der Waals surface area contributed by atoms with Crippen molar-refractivity contribution in [3.05, 3.63) is 33.4 Å². The first-order valence-electron chi connectivity index (χ1n) is 7.09. The minimum Gasteiger partial charge on any atom is -0.434 e. The molecule has 124 valence electrons. The molecule has 0 aliphatic rings. The van der Waals surface area contributed by atoms with Crippen LogP contribution in [0.25, 0.3) is 0 Å². The number of aliphatic hydroxyl groups is 1. The molecule has 1 aromatic carbocycles. The van der Waals surface area contributed by atoms with Crippen molar-refractivity contribution in [2.45, 2.75) is 58.8 Å². The van der Waals surface area contributed by atoms with E-state index in [0.29, 0.717) is 5.56 Å². The summed E-state index contributed by atoms with van der Waals surface area (Å²) in [4.78, 5) is 11.0. The maximum Gasteiger partial charge on any atom is 0.313 e. The largest absolute Gasteiger partial charge is 0.434 e. The summed E-state index contributed by atoms with van der Waals surface area (Å²) in [5.74, 6) is 0.0415. The maximum atomic E-state index is 11.5. The summed E-state index contributed by atoms with van der Waals surface area (Å²) in [6.07, 6.45) is 0. The van der Waals surface area contributed by atoms with Crippen LogP contribution in [-0.4, -0.2) is 23.6 Å². The van der Waals surface area contributed by atoms with Gasteiger partial charge >= 0.3 is 12.2 Å². The molecule has 0 amide bonds. The monoisotopic (exact) mass is 311 g/mol. The zero-order valence-corrected chi connectivity index (χ0v) is 14.3. The lowest BCUT2D eigenvalue weighted by molar-refractivity contribution is -0.387. The number of nitro benzene ring substituents is 1. The van der Waals surface area contributed by atoms with E-state index in [9.17, 15) is 15.2 Å². The van der Waals surface area contributed by atoms with Crippen molar-refractivity contribution >= 4 is 5.69 Å². The normalized spacial score (nSPS) is 13.8. The van der Waals surface area contributed by atoms with Crippen molar-refractivity contribution in [2.24, 2.45) is 0 Å². The third-order valence-electron chi connectivity index (χ3n) is 3.36. The zero-order chi connectivity index (χ0) is 17.3. The highest BCUT2D eigenvalue weighted by atomic mass is 16.8. The number of hydrogen-bond acceptors (Lipinski definition) is 5. The number of nitro groups is 1. The second-order valence-electron chi connectivity index (χ2n) is 7.29. The Morgan fingerprint density at radius 3 is 2.05 bits per heavy atom. The van der Waals surface area contributed by atoms with Crippen molar-refractivity contribution in [1.82, 2.24) is 0 Å². The Kier molecular flexibility index (Phi) is 5.20. The molecule has 1 rings (SSSR count). The van der Waals surface area contributed by atoms with Gasteiger partial charge in [-0.3, -0.25) is 10.1 Å². The first kappa shape index (κ1) is 18.4.